The van der Waals surface area contributed by atoms with Crippen LogP contribution in [0.4, 0.5) is 0 Å². The Kier molecular flexibility index (Phi) is 8.13. The van der Waals surface area contributed by atoms with E-state index in [9.17, 15) is 9.59 Å². The smallest absolute Gasteiger partial charge is 0.267 e. The largest absolute Gasteiger partial charge is 0.494 e. The Morgan fingerprint density at radius 3 is 2.22 bits per heavy atom. The molecule has 1 heterocycles. The summed E-state index contributed by atoms with van der Waals surface area (Å²) >= 11 is 0. The summed E-state index contributed by atoms with van der Waals surface area (Å²) in [6.45, 7) is 4.99. The standard InChI is InChI=1S/C29H29N3O4/c1-3-35-25-15-11-24(12-16-25)27-17-18-28(33)32(31-27)21(2)29(34)30-19-22-9-13-26(14-10-22)36-20-23-7-5-4-6-8-23/h4-18,21H,3,19-20H2,1-2H3,(H,30,34). The van der Waals surface area contributed by atoms with Gasteiger partial charge in [0.2, 0.25) is 5.91 Å². The van der Waals surface area contributed by atoms with Gasteiger partial charge in [0.15, 0.2) is 0 Å². The van der Waals surface area contributed by atoms with Gasteiger partial charge >= 0.3 is 0 Å². The topological polar surface area (TPSA) is 82.5 Å². The van der Waals surface area contributed by atoms with Crippen molar-refractivity contribution in [2.45, 2.75) is 33.0 Å². The van der Waals surface area contributed by atoms with Crippen LogP contribution in [0.1, 0.15) is 31.0 Å². The molecular formula is C29H29N3O4. The van der Waals surface area contributed by atoms with Gasteiger partial charge in [-0.3, -0.25) is 9.59 Å². The number of carbonyl (C=O) groups excluding carboxylic acids is 1. The molecular weight excluding hydrogens is 454 g/mol. The maximum Gasteiger partial charge on any atom is 0.267 e. The van der Waals surface area contributed by atoms with Gasteiger partial charge in [0.25, 0.3) is 5.56 Å². The molecule has 0 aliphatic carbocycles. The molecule has 0 fully saturated rings. The molecule has 1 N–H and O–H groups in total. The predicted molar refractivity (Wildman–Crippen MR) is 139 cm³/mol. The van der Waals surface area contributed by atoms with Gasteiger partial charge < -0.3 is 14.8 Å². The molecule has 0 aliphatic rings. The first kappa shape index (κ1) is 24.7. The molecule has 184 valence electrons. The molecule has 3 aromatic carbocycles. The van der Waals surface area contributed by atoms with E-state index in [1.165, 1.54) is 10.7 Å². The minimum absolute atomic E-state index is 0.294. The van der Waals surface area contributed by atoms with E-state index in [4.69, 9.17) is 9.47 Å². The van der Waals surface area contributed by atoms with Crippen molar-refractivity contribution in [2.24, 2.45) is 0 Å². The Bertz CT molecular complexity index is 1330. The number of carbonyl (C=O) groups is 1. The van der Waals surface area contributed by atoms with Crippen molar-refractivity contribution < 1.29 is 14.3 Å². The molecule has 1 atom stereocenters. The first-order valence-electron chi connectivity index (χ1n) is 11.9. The zero-order valence-corrected chi connectivity index (χ0v) is 20.4. The summed E-state index contributed by atoms with van der Waals surface area (Å²) in [5.74, 6) is 1.22. The summed E-state index contributed by atoms with van der Waals surface area (Å²) in [7, 11) is 0. The summed E-state index contributed by atoms with van der Waals surface area (Å²) in [6.07, 6.45) is 0. The van der Waals surface area contributed by atoms with Crippen LogP contribution in [0.2, 0.25) is 0 Å². The van der Waals surface area contributed by atoms with E-state index in [-0.39, 0.29) is 11.5 Å². The van der Waals surface area contributed by atoms with E-state index in [1.54, 1.807) is 13.0 Å². The number of aromatic nitrogens is 2. The number of ether oxygens (including phenoxy) is 2. The van der Waals surface area contributed by atoms with E-state index >= 15 is 0 Å². The number of rotatable bonds is 10. The Labute approximate surface area is 210 Å². The van der Waals surface area contributed by atoms with Crippen molar-refractivity contribution in [1.29, 1.82) is 0 Å². The molecule has 4 rings (SSSR count). The maximum atomic E-state index is 12.8. The van der Waals surface area contributed by atoms with Gasteiger partial charge in [-0.2, -0.15) is 5.10 Å². The average molecular weight is 484 g/mol. The number of benzene rings is 3. The third-order valence-electron chi connectivity index (χ3n) is 5.67. The van der Waals surface area contributed by atoms with Gasteiger partial charge in [0, 0.05) is 18.2 Å². The molecule has 0 saturated carbocycles. The van der Waals surface area contributed by atoms with Crippen LogP contribution >= 0.6 is 0 Å². The SMILES string of the molecule is CCOc1ccc(-c2ccc(=O)n(C(C)C(=O)NCc3ccc(OCc4ccccc4)cc3)n2)cc1. The van der Waals surface area contributed by atoms with Crippen LogP contribution in [0, 0.1) is 0 Å². The van der Waals surface area contributed by atoms with E-state index in [1.807, 2.05) is 85.8 Å². The van der Waals surface area contributed by atoms with Crippen molar-refractivity contribution >= 4 is 5.91 Å². The van der Waals surface area contributed by atoms with Crippen LogP contribution in [-0.2, 0) is 17.9 Å². The third-order valence-corrected chi connectivity index (χ3v) is 5.67. The molecule has 7 heteroatoms. The van der Waals surface area contributed by atoms with Crippen molar-refractivity contribution in [3.63, 3.8) is 0 Å². The van der Waals surface area contributed by atoms with Gasteiger partial charge in [-0.05, 0) is 67.4 Å². The summed E-state index contributed by atoms with van der Waals surface area (Å²) < 4.78 is 12.5. The highest BCUT2D eigenvalue weighted by molar-refractivity contribution is 5.79. The molecule has 0 spiro atoms. The summed E-state index contributed by atoms with van der Waals surface area (Å²) in [5, 5.41) is 7.32. The number of nitrogens with zero attached hydrogens (tertiary/aromatic N) is 2. The van der Waals surface area contributed by atoms with E-state index < -0.39 is 6.04 Å². The van der Waals surface area contributed by atoms with Gasteiger partial charge in [-0.25, -0.2) is 4.68 Å². The lowest BCUT2D eigenvalue weighted by Gasteiger charge is -2.15. The number of hydrogen-bond donors (Lipinski definition) is 1. The molecule has 0 bridgehead atoms. The average Bonchev–Trinajstić information content (AvgIpc) is 2.92. The molecule has 0 saturated heterocycles. The monoisotopic (exact) mass is 483 g/mol. The lowest BCUT2D eigenvalue weighted by Crippen LogP contribution is -2.36. The van der Waals surface area contributed by atoms with Crippen LogP contribution in [-0.4, -0.2) is 22.3 Å². The molecule has 4 aromatic rings. The summed E-state index contributed by atoms with van der Waals surface area (Å²) in [6, 6.07) is 27.3. The predicted octanol–water partition coefficient (Wildman–Crippen LogP) is 4.77. The van der Waals surface area contributed by atoms with E-state index in [0.717, 1.165) is 28.2 Å². The first-order chi connectivity index (χ1) is 17.5. The van der Waals surface area contributed by atoms with Crippen LogP contribution < -0.4 is 20.3 Å². The Balaban J connectivity index is 1.35. The summed E-state index contributed by atoms with van der Waals surface area (Å²) in [5.41, 5.74) is 3.11. The van der Waals surface area contributed by atoms with Crippen molar-refractivity contribution in [3.05, 3.63) is 112 Å². The second kappa shape index (κ2) is 11.8. The summed E-state index contributed by atoms with van der Waals surface area (Å²) in [4.78, 5) is 25.3. The third kappa shape index (κ3) is 6.39. The van der Waals surface area contributed by atoms with Crippen molar-refractivity contribution in [2.75, 3.05) is 6.61 Å². The Hall–Kier alpha value is -4.39. The van der Waals surface area contributed by atoms with Gasteiger partial charge in [0.05, 0.1) is 12.3 Å². The highest BCUT2D eigenvalue weighted by atomic mass is 16.5. The van der Waals surface area contributed by atoms with Crippen molar-refractivity contribution in [3.8, 4) is 22.8 Å². The highest BCUT2D eigenvalue weighted by Crippen LogP contribution is 2.20. The highest BCUT2D eigenvalue weighted by Gasteiger charge is 2.18. The van der Waals surface area contributed by atoms with Gasteiger partial charge in [-0.15, -0.1) is 0 Å². The molecule has 36 heavy (non-hydrogen) atoms. The Morgan fingerprint density at radius 2 is 1.53 bits per heavy atom. The fourth-order valence-electron chi connectivity index (χ4n) is 3.64. The van der Waals surface area contributed by atoms with Crippen LogP contribution in [0.25, 0.3) is 11.3 Å². The van der Waals surface area contributed by atoms with E-state index in [0.29, 0.717) is 25.5 Å². The second-order valence-electron chi connectivity index (χ2n) is 8.27. The normalized spacial score (nSPS) is 11.5. The van der Waals surface area contributed by atoms with Crippen LogP contribution in [0.5, 0.6) is 11.5 Å². The zero-order chi connectivity index (χ0) is 25.3. The maximum absolute atomic E-state index is 12.8. The van der Waals surface area contributed by atoms with Crippen LogP contribution in [0.15, 0.2) is 95.8 Å². The quantitative estimate of drug-likeness (QED) is 0.352. The minimum Gasteiger partial charge on any atom is -0.494 e. The van der Waals surface area contributed by atoms with Crippen molar-refractivity contribution in [1.82, 2.24) is 15.1 Å². The first-order valence-corrected chi connectivity index (χ1v) is 11.9. The Morgan fingerprint density at radius 1 is 0.861 bits per heavy atom. The lowest BCUT2D eigenvalue weighted by atomic mass is 10.1. The second-order valence-corrected chi connectivity index (χ2v) is 8.27. The minimum atomic E-state index is -0.770. The van der Waals surface area contributed by atoms with Crippen LogP contribution in [0.3, 0.4) is 0 Å². The fourth-order valence-corrected chi connectivity index (χ4v) is 3.64. The lowest BCUT2D eigenvalue weighted by molar-refractivity contribution is -0.124. The molecule has 7 nitrogen and oxygen atoms in total. The molecule has 0 aliphatic heterocycles. The molecule has 0 radical (unpaired) electrons. The number of amides is 1. The van der Waals surface area contributed by atoms with Gasteiger partial charge in [0.1, 0.15) is 24.1 Å². The zero-order valence-electron chi connectivity index (χ0n) is 20.4. The molecule has 1 amide bonds. The number of nitrogens with one attached hydrogen (secondary N) is 1. The van der Waals surface area contributed by atoms with E-state index in [2.05, 4.69) is 10.4 Å². The molecule has 1 unspecified atom stereocenters. The number of hydrogen-bond acceptors (Lipinski definition) is 5. The fraction of sp³-hybridized carbons (Fsp3) is 0.207. The van der Waals surface area contributed by atoms with Gasteiger partial charge in [-0.1, -0.05) is 42.5 Å². The molecule has 1 aromatic heterocycles.